The standard InChI is InChI=1S/C11H15N/c1-4-9(5-2)10-7-8-12-11(10)6-3/h4,6-8,12H,3,5H2,1-2H3/b9-4-. The van der Waals surface area contributed by atoms with E-state index in [0.29, 0.717) is 0 Å². The summed E-state index contributed by atoms with van der Waals surface area (Å²) in [6.07, 6.45) is 7.02. The third-order valence-corrected chi connectivity index (χ3v) is 2.06. The highest BCUT2D eigenvalue weighted by atomic mass is 14.7. The third-order valence-electron chi connectivity index (χ3n) is 2.06. The molecule has 1 aromatic rings. The summed E-state index contributed by atoms with van der Waals surface area (Å²) < 4.78 is 0. The molecule has 0 aromatic carbocycles. The number of aromatic amines is 1. The average molecular weight is 161 g/mol. The van der Waals surface area contributed by atoms with Crippen molar-refractivity contribution in [2.75, 3.05) is 0 Å². The highest BCUT2D eigenvalue weighted by Gasteiger charge is 2.02. The van der Waals surface area contributed by atoms with Crippen LogP contribution >= 0.6 is 0 Å². The number of hydrogen-bond donors (Lipinski definition) is 1. The Balaban J connectivity index is 3.08. The second-order valence-corrected chi connectivity index (χ2v) is 2.68. The molecule has 0 unspecified atom stereocenters. The molecule has 1 N–H and O–H groups in total. The number of hydrogen-bond acceptors (Lipinski definition) is 0. The highest BCUT2D eigenvalue weighted by molar-refractivity contribution is 5.72. The van der Waals surface area contributed by atoms with Crippen molar-refractivity contribution in [1.29, 1.82) is 0 Å². The molecule has 0 aliphatic carbocycles. The molecule has 0 amide bonds. The Morgan fingerprint density at radius 3 is 2.92 bits per heavy atom. The van der Waals surface area contributed by atoms with E-state index >= 15 is 0 Å². The summed E-state index contributed by atoms with van der Waals surface area (Å²) in [6, 6.07) is 2.09. The predicted molar refractivity (Wildman–Crippen MR) is 54.8 cm³/mol. The van der Waals surface area contributed by atoms with Gasteiger partial charge in [-0.15, -0.1) is 0 Å². The zero-order valence-electron chi connectivity index (χ0n) is 7.72. The van der Waals surface area contributed by atoms with E-state index in [9.17, 15) is 0 Å². The van der Waals surface area contributed by atoms with Crippen molar-refractivity contribution < 1.29 is 0 Å². The van der Waals surface area contributed by atoms with Gasteiger partial charge in [-0.1, -0.05) is 19.6 Å². The van der Waals surface area contributed by atoms with Crippen molar-refractivity contribution in [3.8, 4) is 0 Å². The van der Waals surface area contributed by atoms with Crippen LogP contribution in [0.3, 0.4) is 0 Å². The zero-order valence-corrected chi connectivity index (χ0v) is 7.72. The van der Waals surface area contributed by atoms with Crippen molar-refractivity contribution >= 4 is 11.6 Å². The lowest BCUT2D eigenvalue weighted by atomic mass is 10.0. The van der Waals surface area contributed by atoms with Gasteiger partial charge in [0.15, 0.2) is 0 Å². The van der Waals surface area contributed by atoms with E-state index in [4.69, 9.17) is 0 Å². The smallest absolute Gasteiger partial charge is 0.0450 e. The molecule has 1 aromatic heterocycles. The molecule has 0 aliphatic rings. The van der Waals surface area contributed by atoms with E-state index in [1.807, 2.05) is 12.3 Å². The van der Waals surface area contributed by atoms with E-state index in [1.165, 1.54) is 11.1 Å². The first-order valence-corrected chi connectivity index (χ1v) is 4.28. The molecule has 1 heterocycles. The second-order valence-electron chi connectivity index (χ2n) is 2.68. The number of aromatic nitrogens is 1. The van der Waals surface area contributed by atoms with Gasteiger partial charge in [0.05, 0.1) is 0 Å². The summed E-state index contributed by atoms with van der Waals surface area (Å²) in [5.74, 6) is 0. The summed E-state index contributed by atoms with van der Waals surface area (Å²) >= 11 is 0. The molecule has 0 saturated carbocycles. The lowest BCUT2D eigenvalue weighted by Crippen LogP contribution is -1.82. The summed E-state index contributed by atoms with van der Waals surface area (Å²) in [4.78, 5) is 3.15. The van der Waals surface area contributed by atoms with Crippen molar-refractivity contribution in [2.24, 2.45) is 0 Å². The SMILES string of the molecule is C=Cc1[nH]ccc1/C(=C\C)CC. The van der Waals surface area contributed by atoms with Crippen LogP contribution in [0, 0.1) is 0 Å². The van der Waals surface area contributed by atoms with Gasteiger partial charge < -0.3 is 4.98 Å². The van der Waals surface area contributed by atoms with Crippen LogP contribution in [-0.2, 0) is 0 Å². The van der Waals surface area contributed by atoms with Crippen LogP contribution in [-0.4, -0.2) is 4.98 Å². The highest BCUT2D eigenvalue weighted by Crippen LogP contribution is 2.21. The summed E-state index contributed by atoms with van der Waals surface area (Å²) in [6.45, 7) is 7.99. The number of H-pyrrole nitrogens is 1. The molecule has 0 atom stereocenters. The van der Waals surface area contributed by atoms with E-state index in [2.05, 4.69) is 37.6 Å². The second kappa shape index (κ2) is 3.96. The van der Waals surface area contributed by atoms with Gasteiger partial charge in [-0.3, -0.25) is 0 Å². The Morgan fingerprint density at radius 2 is 2.42 bits per heavy atom. The fourth-order valence-corrected chi connectivity index (χ4v) is 1.38. The molecule has 0 radical (unpaired) electrons. The molecule has 1 rings (SSSR count). The van der Waals surface area contributed by atoms with Crippen LogP contribution in [0.1, 0.15) is 31.5 Å². The van der Waals surface area contributed by atoms with Gasteiger partial charge in [0, 0.05) is 17.5 Å². The van der Waals surface area contributed by atoms with Gasteiger partial charge in [0.25, 0.3) is 0 Å². The molecule has 0 spiro atoms. The molecule has 1 nitrogen and oxygen atoms in total. The molecule has 0 saturated heterocycles. The lowest BCUT2D eigenvalue weighted by Gasteiger charge is -2.01. The van der Waals surface area contributed by atoms with Gasteiger partial charge in [0.2, 0.25) is 0 Å². The maximum Gasteiger partial charge on any atom is 0.0450 e. The van der Waals surface area contributed by atoms with E-state index < -0.39 is 0 Å². The summed E-state index contributed by atoms with van der Waals surface area (Å²) in [7, 11) is 0. The van der Waals surface area contributed by atoms with E-state index in [1.54, 1.807) is 0 Å². The maximum atomic E-state index is 3.76. The molecule has 64 valence electrons. The third kappa shape index (κ3) is 1.50. The lowest BCUT2D eigenvalue weighted by molar-refractivity contribution is 1.23. The summed E-state index contributed by atoms with van der Waals surface area (Å²) in [5, 5.41) is 0. The predicted octanol–water partition coefficient (Wildman–Crippen LogP) is 3.47. The Bertz CT molecular complexity index is 292. The van der Waals surface area contributed by atoms with E-state index in [-0.39, 0.29) is 0 Å². The van der Waals surface area contributed by atoms with Gasteiger partial charge >= 0.3 is 0 Å². The molecular weight excluding hydrogens is 146 g/mol. The minimum atomic E-state index is 1.06. The first-order valence-electron chi connectivity index (χ1n) is 4.28. The minimum absolute atomic E-state index is 1.06. The molecule has 1 heteroatoms. The zero-order chi connectivity index (χ0) is 8.97. The van der Waals surface area contributed by atoms with Gasteiger partial charge in [0.1, 0.15) is 0 Å². The average Bonchev–Trinajstić information content (AvgIpc) is 2.55. The van der Waals surface area contributed by atoms with Crippen LogP contribution in [0.2, 0.25) is 0 Å². The molecule has 0 bridgehead atoms. The fourth-order valence-electron chi connectivity index (χ4n) is 1.38. The van der Waals surface area contributed by atoms with Crippen LogP contribution in [0.25, 0.3) is 11.6 Å². The monoisotopic (exact) mass is 161 g/mol. The quantitative estimate of drug-likeness (QED) is 0.698. The molecule has 0 aliphatic heterocycles. The Labute approximate surface area is 73.8 Å². The maximum absolute atomic E-state index is 3.76. The number of nitrogens with one attached hydrogen (secondary N) is 1. The van der Waals surface area contributed by atoms with Crippen LogP contribution in [0.4, 0.5) is 0 Å². The van der Waals surface area contributed by atoms with Crippen LogP contribution < -0.4 is 0 Å². The van der Waals surface area contributed by atoms with Crippen LogP contribution in [0.15, 0.2) is 24.9 Å². The van der Waals surface area contributed by atoms with Crippen molar-refractivity contribution in [1.82, 2.24) is 4.98 Å². The normalized spacial score (nSPS) is 11.7. The van der Waals surface area contributed by atoms with Gasteiger partial charge in [-0.05, 0) is 31.1 Å². The van der Waals surface area contributed by atoms with Gasteiger partial charge in [-0.25, -0.2) is 0 Å². The minimum Gasteiger partial charge on any atom is -0.361 e. The van der Waals surface area contributed by atoms with Crippen LogP contribution in [0.5, 0.6) is 0 Å². The largest absolute Gasteiger partial charge is 0.361 e. The fraction of sp³-hybridized carbons (Fsp3) is 0.273. The molecule has 0 fully saturated rings. The van der Waals surface area contributed by atoms with Gasteiger partial charge in [-0.2, -0.15) is 0 Å². The summed E-state index contributed by atoms with van der Waals surface area (Å²) in [5.41, 5.74) is 3.76. The topological polar surface area (TPSA) is 15.8 Å². The Morgan fingerprint density at radius 1 is 1.67 bits per heavy atom. The van der Waals surface area contributed by atoms with Crippen molar-refractivity contribution in [3.05, 3.63) is 36.2 Å². The van der Waals surface area contributed by atoms with E-state index in [0.717, 1.165) is 12.1 Å². The number of rotatable bonds is 3. The Kier molecular flexibility index (Phi) is 2.92. The van der Waals surface area contributed by atoms with Crippen molar-refractivity contribution in [3.63, 3.8) is 0 Å². The first kappa shape index (κ1) is 8.85. The van der Waals surface area contributed by atoms with Crippen molar-refractivity contribution in [2.45, 2.75) is 20.3 Å². The first-order chi connectivity index (χ1) is 5.83. The molecule has 12 heavy (non-hydrogen) atoms. The Hall–Kier alpha value is -1.24. The number of allylic oxidation sites excluding steroid dienone is 2. The molecular formula is C11H15N.